The van der Waals surface area contributed by atoms with Crippen LogP contribution in [0.25, 0.3) is 0 Å². The van der Waals surface area contributed by atoms with Crippen molar-refractivity contribution in [3.05, 3.63) is 37.8 Å². The SMILES string of the molecule is O=S(=O)(NCc1sccc1Br)c1ccc(CCO)s1. The summed E-state index contributed by atoms with van der Waals surface area (Å²) in [5.74, 6) is 0. The molecule has 19 heavy (non-hydrogen) atoms. The van der Waals surface area contributed by atoms with E-state index in [2.05, 4.69) is 20.7 Å². The lowest BCUT2D eigenvalue weighted by Gasteiger charge is -2.03. The topological polar surface area (TPSA) is 66.4 Å². The van der Waals surface area contributed by atoms with Crippen LogP contribution >= 0.6 is 38.6 Å². The maximum absolute atomic E-state index is 12.1. The van der Waals surface area contributed by atoms with Gasteiger partial charge in [-0.15, -0.1) is 22.7 Å². The molecule has 0 spiro atoms. The highest BCUT2D eigenvalue weighted by atomic mass is 79.9. The molecule has 0 saturated heterocycles. The van der Waals surface area contributed by atoms with Gasteiger partial charge in [0.25, 0.3) is 0 Å². The third-order valence-corrected chi connectivity index (χ3v) is 7.34. The van der Waals surface area contributed by atoms with Crippen LogP contribution in [0, 0.1) is 0 Å². The number of thiophene rings is 2. The van der Waals surface area contributed by atoms with Crippen LogP contribution in [-0.4, -0.2) is 20.1 Å². The van der Waals surface area contributed by atoms with Gasteiger partial charge < -0.3 is 5.11 Å². The number of aliphatic hydroxyl groups is 1. The van der Waals surface area contributed by atoms with Crippen LogP contribution in [0.4, 0.5) is 0 Å². The van der Waals surface area contributed by atoms with E-state index in [-0.39, 0.29) is 17.4 Å². The van der Waals surface area contributed by atoms with E-state index in [1.54, 1.807) is 12.1 Å². The van der Waals surface area contributed by atoms with Crippen LogP contribution in [-0.2, 0) is 23.0 Å². The Morgan fingerprint density at radius 2 is 2.11 bits per heavy atom. The number of hydrogen-bond acceptors (Lipinski definition) is 5. The minimum atomic E-state index is -3.48. The minimum absolute atomic E-state index is 0.0234. The first-order chi connectivity index (χ1) is 9.03. The van der Waals surface area contributed by atoms with Crippen LogP contribution in [0.3, 0.4) is 0 Å². The van der Waals surface area contributed by atoms with Gasteiger partial charge in [-0.1, -0.05) is 0 Å². The number of halogens is 1. The van der Waals surface area contributed by atoms with Gasteiger partial charge in [0.05, 0.1) is 0 Å². The van der Waals surface area contributed by atoms with Crippen molar-refractivity contribution in [1.82, 2.24) is 4.72 Å². The zero-order chi connectivity index (χ0) is 13.9. The molecular formula is C11H12BrNO3S3. The summed E-state index contributed by atoms with van der Waals surface area (Å²) in [6, 6.07) is 5.19. The Balaban J connectivity index is 2.07. The number of rotatable bonds is 6. The average molecular weight is 382 g/mol. The van der Waals surface area contributed by atoms with Crippen LogP contribution in [0.1, 0.15) is 9.75 Å². The monoisotopic (exact) mass is 381 g/mol. The maximum Gasteiger partial charge on any atom is 0.250 e. The third-order valence-electron chi connectivity index (χ3n) is 2.37. The van der Waals surface area contributed by atoms with Crippen molar-refractivity contribution in [3.8, 4) is 0 Å². The molecule has 0 radical (unpaired) electrons. The van der Waals surface area contributed by atoms with Crippen LogP contribution in [0.15, 0.2) is 32.3 Å². The van der Waals surface area contributed by atoms with Crippen molar-refractivity contribution in [2.75, 3.05) is 6.61 Å². The Morgan fingerprint density at radius 1 is 1.32 bits per heavy atom. The Hall–Kier alpha value is -0.250. The summed E-state index contributed by atoms with van der Waals surface area (Å²) in [4.78, 5) is 1.80. The van der Waals surface area contributed by atoms with Crippen LogP contribution < -0.4 is 4.72 Å². The van der Waals surface area contributed by atoms with Crippen molar-refractivity contribution in [2.45, 2.75) is 17.2 Å². The van der Waals surface area contributed by atoms with Gasteiger partial charge in [0, 0.05) is 33.8 Å². The van der Waals surface area contributed by atoms with Crippen LogP contribution in [0.5, 0.6) is 0 Å². The second-order valence-corrected chi connectivity index (χ2v) is 8.73. The molecule has 0 atom stereocenters. The molecule has 0 bridgehead atoms. The van der Waals surface area contributed by atoms with E-state index in [0.717, 1.165) is 14.2 Å². The number of hydrogen-bond donors (Lipinski definition) is 2. The molecule has 0 aliphatic heterocycles. The second-order valence-electron chi connectivity index (χ2n) is 3.71. The predicted molar refractivity (Wildman–Crippen MR) is 81.2 cm³/mol. The fourth-order valence-corrected chi connectivity index (χ4v) is 5.34. The van der Waals surface area contributed by atoms with E-state index in [9.17, 15) is 8.42 Å². The molecule has 0 fully saturated rings. The van der Waals surface area contributed by atoms with E-state index in [1.165, 1.54) is 22.7 Å². The lowest BCUT2D eigenvalue weighted by atomic mass is 10.4. The first kappa shape index (κ1) is 15.1. The molecule has 0 unspecified atom stereocenters. The van der Waals surface area contributed by atoms with Crippen molar-refractivity contribution in [3.63, 3.8) is 0 Å². The predicted octanol–water partition coefficient (Wildman–Crippen LogP) is 2.59. The second kappa shape index (κ2) is 6.47. The molecular weight excluding hydrogens is 370 g/mol. The summed E-state index contributed by atoms with van der Waals surface area (Å²) >= 11 is 6.05. The van der Waals surface area contributed by atoms with E-state index in [1.807, 2.05) is 11.4 Å². The van der Waals surface area contributed by atoms with Gasteiger partial charge in [-0.2, -0.15) is 0 Å². The highest BCUT2D eigenvalue weighted by Crippen LogP contribution is 2.25. The van der Waals surface area contributed by atoms with E-state index < -0.39 is 10.0 Å². The molecule has 2 rings (SSSR count). The van der Waals surface area contributed by atoms with Crippen molar-refractivity contribution < 1.29 is 13.5 Å². The fourth-order valence-electron chi connectivity index (χ4n) is 1.43. The first-order valence-electron chi connectivity index (χ1n) is 5.44. The first-order valence-corrected chi connectivity index (χ1v) is 9.41. The third kappa shape index (κ3) is 3.87. The van der Waals surface area contributed by atoms with Gasteiger partial charge in [0.2, 0.25) is 10.0 Å². The summed E-state index contributed by atoms with van der Waals surface area (Å²) in [6.45, 7) is 0.295. The van der Waals surface area contributed by atoms with Crippen LogP contribution in [0.2, 0.25) is 0 Å². The molecule has 2 aromatic heterocycles. The van der Waals surface area contributed by atoms with Crippen molar-refractivity contribution in [2.24, 2.45) is 0 Å². The Bertz CT molecular complexity index is 648. The molecule has 2 heterocycles. The highest BCUT2D eigenvalue weighted by molar-refractivity contribution is 9.10. The van der Waals surface area contributed by atoms with E-state index in [4.69, 9.17) is 5.11 Å². The van der Waals surface area contributed by atoms with Gasteiger partial charge in [0.15, 0.2) is 0 Å². The summed E-state index contributed by atoms with van der Waals surface area (Å²) in [6.07, 6.45) is 0.483. The number of aliphatic hydroxyl groups excluding tert-OH is 1. The zero-order valence-electron chi connectivity index (χ0n) is 9.80. The molecule has 2 N–H and O–H groups in total. The standard InChI is InChI=1S/C11H12BrNO3S3/c12-9-4-6-17-10(9)7-13-19(15,16)11-2-1-8(18-11)3-5-14/h1-2,4,6,13-14H,3,5,7H2. The average Bonchev–Trinajstić information content (AvgIpc) is 2.97. The minimum Gasteiger partial charge on any atom is -0.396 e. The van der Waals surface area contributed by atoms with Gasteiger partial charge in [0.1, 0.15) is 4.21 Å². The highest BCUT2D eigenvalue weighted by Gasteiger charge is 2.17. The van der Waals surface area contributed by atoms with Gasteiger partial charge in [-0.05, 0) is 39.5 Å². The summed E-state index contributed by atoms with van der Waals surface area (Å²) < 4.78 is 27.9. The van der Waals surface area contributed by atoms with Crippen molar-refractivity contribution in [1.29, 1.82) is 0 Å². The molecule has 0 aromatic carbocycles. The quantitative estimate of drug-likeness (QED) is 0.807. The van der Waals surface area contributed by atoms with E-state index >= 15 is 0 Å². The molecule has 0 amide bonds. The smallest absolute Gasteiger partial charge is 0.250 e. The summed E-state index contributed by atoms with van der Waals surface area (Å²) in [7, 11) is -3.48. The van der Waals surface area contributed by atoms with E-state index in [0.29, 0.717) is 6.42 Å². The number of sulfonamides is 1. The molecule has 0 saturated carbocycles. The van der Waals surface area contributed by atoms with Crippen molar-refractivity contribution >= 4 is 48.6 Å². The normalized spacial score (nSPS) is 11.9. The summed E-state index contributed by atoms with van der Waals surface area (Å²) in [5.41, 5.74) is 0. The molecule has 0 aliphatic carbocycles. The summed E-state index contributed by atoms with van der Waals surface area (Å²) in [5, 5.41) is 10.7. The van der Waals surface area contributed by atoms with Gasteiger partial charge in [-0.3, -0.25) is 0 Å². The lowest BCUT2D eigenvalue weighted by Crippen LogP contribution is -2.22. The Kier molecular flexibility index (Phi) is 5.15. The Morgan fingerprint density at radius 3 is 2.74 bits per heavy atom. The molecule has 0 aliphatic rings. The lowest BCUT2D eigenvalue weighted by molar-refractivity contribution is 0.300. The molecule has 2 aromatic rings. The number of nitrogens with one attached hydrogen (secondary N) is 1. The molecule has 4 nitrogen and oxygen atoms in total. The molecule has 104 valence electrons. The fraction of sp³-hybridized carbons (Fsp3) is 0.273. The largest absolute Gasteiger partial charge is 0.396 e. The molecule has 8 heteroatoms. The van der Waals surface area contributed by atoms with Gasteiger partial charge in [-0.25, -0.2) is 13.1 Å². The zero-order valence-corrected chi connectivity index (χ0v) is 13.8. The maximum atomic E-state index is 12.1. The van der Waals surface area contributed by atoms with Gasteiger partial charge >= 0.3 is 0 Å². The Labute approximate surface area is 128 Å².